The van der Waals surface area contributed by atoms with E-state index in [1.807, 2.05) is 51.1 Å². The highest BCUT2D eigenvalue weighted by atomic mass is 127. The minimum atomic E-state index is -0.849. The second-order valence-corrected chi connectivity index (χ2v) is 15.4. The average molecular weight is 785 g/mol. The highest BCUT2D eigenvalue weighted by Gasteiger charge is 2.41. The minimum absolute atomic E-state index is 0.107. The van der Waals surface area contributed by atoms with E-state index in [9.17, 15) is 18.8 Å². The first kappa shape index (κ1) is 35.4. The molecule has 1 aliphatic rings. The normalized spacial score (nSPS) is 14.2. The lowest BCUT2D eigenvalue weighted by Gasteiger charge is -2.40. The first-order valence-electron chi connectivity index (χ1n) is 15.5. The molecule has 1 saturated heterocycles. The molecule has 5 rings (SSSR count). The third-order valence-corrected chi connectivity index (χ3v) is 9.77. The van der Waals surface area contributed by atoms with E-state index in [1.165, 1.54) is 17.4 Å². The lowest BCUT2D eigenvalue weighted by molar-refractivity contribution is -0.168. The van der Waals surface area contributed by atoms with Crippen molar-refractivity contribution < 1.29 is 26.6 Å². The molecule has 2 aromatic heterocycles. The fraction of sp³-hybridized carbons (Fsp3) is 0.361. The van der Waals surface area contributed by atoms with Crippen molar-refractivity contribution in [2.24, 2.45) is 5.92 Å². The lowest BCUT2D eigenvalue weighted by Crippen LogP contribution is -2.59. The molecule has 1 N–H and O–H groups in total. The lowest BCUT2D eigenvalue weighted by atomic mass is 9.95. The Balaban J connectivity index is 1.30. The van der Waals surface area contributed by atoms with Crippen LogP contribution in [-0.4, -0.2) is 57.4 Å². The van der Waals surface area contributed by atoms with Crippen LogP contribution in [0.3, 0.4) is 0 Å². The summed E-state index contributed by atoms with van der Waals surface area (Å²) in [6, 6.07) is 14.9. The van der Waals surface area contributed by atoms with Crippen LogP contribution in [0.1, 0.15) is 61.7 Å². The van der Waals surface area contributed by atoms with Gasteiger partial charge in [0.25, 0.3) is 5.91 Å². The molecule has 1 fully saturated rings. The Labute approximate surface area is 298 Å². The molecule has 1 aliphatic heterocycles. The van der Waals surface area contributed by atoms with Crippen LogP contribution in [0.25, 0.3) is 22.5 Å². The van der Waals surface area contributed by atoms with Crippen molar-refractivity contribution in [3.05, 3.63) is 88.1 Å². The van der Waals surface area contributed by atoms with Crippen molar-refractivity contribution in [3.63, 3.8) is 0 Å². The van der Waals surface area contributed by atoms with Gasteiger partial charge < -0.3 is 18.0 Å². The van der Waals surface area contributed by atoms with Gasteiger partial charge >= 0.3 is 5.97 Å². The number of carbonyl (C=O) groups excluding carboxylic acids is 3. The average Bonchev–Trinajstić information content (AvgIpc) is 3.51. The summed E-state index contributed by atoms with van der Waals surface area (Å²) in [5.74, 6) is -0.884. The second kappa shape index (κ2) is 14.3. The topological polar surface area (TPSA) is 111 Å². The fourth-order valence-corrected chi connectivity index (χ4v) is 6.37. The summed E-state index contributed by atoms with van der Waals surface area (Å²) in [4.78, 5) is 51.7. The molecule has 3 heterocycles. The summed E-state index contributed by atoms with van der Waals surface area (Å²) in [6.07, 6.45) is 3.37. The number of rotatable bonds is 9. The Hall–Kier alpha value is -3.91. The maximum atomic E-state index is 14.6. The van der Waals surface area contributed by atoms with Gasteiger partial charge in [-0.2, -0.15) is 0 Å². The van der Waals surface area contributed by atoms with E-state index in [0.29, 0.717) is 27.6 Å². The van der Waals surface area contributed by atoms with Gasteiger partial charge in [-0.1, -0.05) is 45.0 Å². The highest BCUT2D eigenvalue weighted by Crippen LogP contribution is 2.30. The Bertz CT molecular complexity index is 1790. The van der Waals surface area contributed by atoms with E-state index >= 15 is 0 Å². The summed E-state index contributed by atoms with van der Waals surface area (Å²) in [7, 11) is 0. The Morgan fingerprint density at radius 1 is 0.979 bits per heavy atom. The standard InChI is InChI=1S/C36H38FIN4O5S/c1-35(2,3)30-14-13-29(48-30)32(43)41-28(33(44)42-19-24(20-42)34(45)46-36(4,5)6)15-21-7-9-22(10-8-21)31-39-17-23(18-40-31)26-12-11-25(47-38)16-27(26)37/h7-14,16-18,24,28H,15,19-20H2,1-6H3,(H,41,43). The number of esters is 1. The molecule has 9 nitrogen and oxygen atoms in total. The predicted octanol–water partition coefficient (Wildman–Crippen LogP) is 7.18. The quantitative estimate of drug-likeness (QED) is 0.142. The van der Waals surface area contributed by atoms with E-state index in [-0.39, 0.29) is 42.7 Å². The summed E-state index contributed by atoms with van der Waals surface area (Å²) in [5, 5.41) is 2.96. The van der Waals surface area contributed by atoms with Crippen LogP contribution < -0.4 is 8.38 Å². The predicted molar refractivity (Wildman–Crippen MR) is 191 cm³/mol. The molecular formula is C36H38FIN4O5S. The van der Waals surface area contributed by atoms with Crippen LogP contribution >= 0.6 is 34.3 Å². The van der Waals surface area contributed by atoms with Gasteiger partial charge in [0.15, 0.2) is 28.8 Å². The van der Waals surface area contributed by atoms with Crippen molar-refractivity contribution in [3.8, 4) is 28.3 Å². The van der Waals surface area contributed by atoms with Gasteiger partial charge in [0.1, 0.15) is 23.2 Å². The van der Waals surface area contributed by atoms with Crippen LogP contribution in [0, 0.1) is 11.7 Å². The Morgan fingerprint density at radius 3 is 2.21 bits per heavy atom. The van der Waals surface area contributed by atoms with Gasteiger partial charge in [-0.3, -0.25) is 14.4 Å². The summed E-state index contributed by atoms with van der Waals surface area (Å²) >= 11 is 3.11. The van der Waals surface area contributed by atoms with Crippen molar-refractivity contribution in [1.29, 1.82) is 0 Å². The van der Waals surface area contributed by atoms with Gasteiger partial charge in [0.2, 0.25) is 5.91 Å². The smallest absolute Gasteiger partial charge is 0.313 e. The first-order valence-corrected chi connectivity index (χ1v) is 17.2. The van der Waals surface area contributed by atoms with Crippen LogP contribution in [0.5, 0.6) is 5.75 Å². The molecule has 2 amide bonds. The number of likely N-dealkylation sites (tertiary alicyclic amines) is 1. The van der Waals surface area contributed by atoms with Gasteiger partial charge in [0.05, 0.1) is 10.8 Å². The third-order valence-electron chi connectivity index (χ3n) is 7.75. The molecule has 0 spiro atoms. The number of aromatic nitrogens is 2. The maximum Gasteiger partial charge on any atom is 0.313 e. The molecule has 48 heavy (non-hydrogen) atoms. The van der Waals surface area contributed by atoms with E-state index in [1.54, 1.807) is 58.5 Å². The second-order valence-electron chi connectivity index (χ2n) is 13.8. The zero-order valence-electron chi connectivity index (χ0n) is 27.7. The number of hydrogen-bond acceptors (Lipinski definition) is 8. The minimum Gasteiger partial charge on any atom is -0.460 e. The summed E-state index contributed by atoms with van der Waals surface area (Å²) < 4.78 is 25.1. The van der Waals surface area contributed by atoms with Crippen molar-refractivity contribution in [2.75, 3.05) is 13.1 Å². The number of thiophene rings is 1. The number of ether oxygens (including phenoxy) is 1. The van der Waals surface area contributed by atoms with E-state index in [4.69, 9.17) is 7.80 Å². The molecular weight excluding hydrogens is 746 g/mol. The van der Waals surface area contributed by atoms with Gasteiger partial charge in [-0.15, -0.1) is 11.3 Å². The molecule has 12 heteroatoms. The molecule has 0 saturated carbocycles. The largest absolute Gasteiger partial charge is 0.460 e. The third kappa shape index (κ3) is 8.56. The molecule has 1 unspecified atom stereocenters. The molecule has 252 valence electrons. The van der Waals surface area contributed by atoms with E-state index in [0.717, 1.165) is 16.0 Å². The zero-order chi connectivity index (χ0) is 34.8. The highest BCUT2D eigenvalue weighted by molar-refractivity contribution is 14.1. The number of benzene rings is 2. The van der Waals surface area contributed by atoms with E-state index < -0.39 is 23.4 Å². The van der Waals surface area contributed by atoms with Crippen LogP contribution in [-0.2, 0) is 26.2 Å². The maximum absolute atomic E-state index is 14.6. The van der Waals surface area contributed by atoms with Crippen LogP contribution in [0.2, 0.25) is 0 Å². The number of halogens is 2. The van der Waals surface area contributed by atoms with Gasteiger partial charge in [0, 0.05) is 59.5 Å². The monoisotopic (exact) mass is 784 g/mol. The molecule has 4 aromatic rings. The molecule has 1 atom stereocenters. The first-order chi connectivity index (χ1) is 22.6. The summed E-state index contributed by atoms with van der Waals surface area (Å²) in [5.41, 5.74) is 1.73. The number of amides is 2. The zero-order valence-corrected chi connectivity index (χ0v) is 30.6. The number of carbonyl (C=O) groups is 3. The fourth-order valence-electron chi connectivity index (χ4n) is 5.13. The number of nitrogens with one attached hydrogen (secondary N) is 1. The molecule has 2 aromatic carbocycles. The SMILES string of the molecule is CC(C)(C)OC(=O)C1CN(C(=O)C(Cc2ccc(-c3ncc(-c4ccc(OI)cc4F)cn3)cc2)NC(=O)c2ccc(C(C)(C)C)s2)C1. The Kier molecular flexibility index (Phi) is 10.5. The molecule has 0 aliphatic carbocycles. The van der Waals surface area contributed by atoms with Crippen molar-refractivity contribution in [1.82, 2.24) is 20.2 Å². The van der Waals surface area contributed by atoms with Crippen molar-refractivity contribution >= 4 is 52.1 Å². The van der Waals surface area contributed by atoms with Gasteiger partial charge in [-0.05, 0) is 56.0 Å². The molecule has 0 bridgehead atoms. The van der Waals surface area contributed by atoms with Crippen LogP contribution in [0.15, 0.2) is 67.0 Å². The van der Waals surface area contributed by atoms with Crippen LogP contribution in [0.4, 0.5) is 4.39 Å². The van der Waals surface area contributed by atoms with Crippen molar-refractivity contribution in [2.45, 2.75) is 65.0 Å². The van der Waals surface area contributed by atoms with Gasteiger partial charge in [-0.25, -0.2) is 14.4 Å². The molecule has 0 radical (unpaired) electrons. The summed E-state index contributed by atoms with van der Waals surface area (Å²) in [6.45, 7) is 12.2. The number of nitrogens with zero attached hydrogens (tertiary/aromatic N) is 3. The number of hydrogen-bond donors (Lipinski definition) is 1. The Morgan fingerprint density at radius 2 is 1.65 bits per heavy atom. The van der Waals surface area contributed by atoms with E-state index in [2.05, 4.69) is 36.1 Å².